The highest BCUT2D eigenvalue weighted by Gasteiger charge is 2.45. The van der Waals surface area contributed by atoms with E-state index in [0.29, 0.717) is 62.1 Å². The van der Waals surface area contributed by atoms with E-state index in [4.69, 9.17) is 4.98 Å². The molecule has 4 amide bonds. The number of carbonyl (C=O) groups is 4. The highest BCUT2D eigenvalue weighted by Crippen LogP contribution is 2.41. The van der Waals surface area contributed by atoms with Crippen LogP contribution in [0.1, 0.15) is 120 Å². The Bertz CT molecular complexity index is 2980. The molecule has 0 spiro atoms. The number of H-pyrrole nitrogens is 1. The second kappa shape index (κ2) is 23.7. The lowest BCUT2D eigenvalue weighted by Gasteiger charge is -2.37. The number of imidazole rings is 1. The number of halogens is 1. The van der Waals surface area contributed by atoms with E-state index in [0.717, 1.165) is 70.8 Å². The summed E-state index contributed by atoms with van der Waals surface area (Å²) >= 11 is 1.57. The van der Waals surface area contributed by atoms with Crippen molar-refractivity contribution in [2.24, 2.45) is 5.41 Å². The predicted molar refractivity (Wildman–Crippen MR) is 288 cm³/mol. The van der Waals surface area contributed by atoms with Crippen LogP contribution in [0.15, 0.2) is 72.8 Å². The molecule has 1 unspecified atom stereocenters. The maximum absolute atomic E-state index is 15.7. The maximum atomic E-state index is 15.7. The Labute approximate surface area is 446 Å². The molecule has 19 nitrogen and oxygen atoms in total. The molecule has 5 atom stereocenters. The smallest absolute Gasteiger partial charge is 0.246 e. The van der Waals surface area contributed by atoms with Crippen LogP contribution in [-0.4, -0.2) is 142 Å². The number of amides is 4. The van der Waals surface area contributed by atoms with Gasteiger partial charge < -0.3 is 36.4 Å². The van der Waals surface area contributed by atoms with Gasteiger partial charge in [-0.25, -0.2) is 19.3 Å². The molecule has 1 aliphatic carbocycles. The molecule has 9 rings (SSSR count). The van der Waals surface area contributed by atoms with Crippen molar-refractivity contribution in [2.45, 2.75) is 122 Å². The second-order valence-electron chi connectivity index (χ2n) is 21.6. The SMILES string of the molecule is Cc1ncsc1-c1ccc([C@H](C)NC(=O)[C@@H]2C[C@@H](O)CN2C(=O)[C@@H](NC(=O)CCCCCCNC(=O)CN2CCN(C(O)c3ccc(Nc4nc(C5CC5)cn5c(-c6cn[nH]c6)cnc45)c(F)c3)CC2)C(C)(C)C)cc1. The molecule has 404 valence electrons. The first-order valence-electron chi connectivity index (χ1n) is 26.4. The normalized spacial score (nSPS) is 18.6. The molecule has 7 N–H and O–H groups in total. The summed E-state index contributed by atoms with van der Waals surface area (Å²) in [6, 6.07) is 10.5. The Kier molecular flexibility index (Phi) is 16.9. The van der Waals surface area contributed by atoms with Crippen LogP contribution in [0.4, 0.5) is 15.9 Å². The summed E-state index contributed by atoms with van der Waals surface area (Å²) in [4.78, 5) is 74.1. The molecule has 3 aliphatic rings. The Morgan fingerprint density at radius 3 is 2.36 bits per heavy atom. The number of anilines is 2. The highest BCUT2D eigenvalue weighted by molar-refractivity contribution is 7.13. The molecule has 0 bridgehead atoms. The van der Waals surface area contributed by atoms with Gasteiger partial charge in [0.15, 0.2) is 11.5 Å². The van der Waals surface area contributed by atoms with Crippen molar-refractivity contribution in [3.63, 3.8) is 0 Å². The molecule has 3 fully saturated rings. The van der Waals surface area contributed by atoms with Crippen molar-refractivity contribution in [2.75, 3.05) is 51.1 Å². The summed E-state index contributed by atoms with van der Waals surface area (Å²) in [5, 5.41) is 41.0. The Balaban J connectivity index is 0.665. The number of aryl methyl sites for hydroxylation is 1. The quantitative estimate of drug-likeness (QED) is 0.0389. The molecular formula is C55H70FN13O6S. The number of aliphatic hydroxyl groups excluding tert-OH is 2. The Morgan fingerprint density at radius 2 is 1.67 bits per heavy atom. The van der Waals surface area contributed by atoms with Gasteiger partial charge >= 0.3 is 0 Å². The molecule has 76 heavy (non-hydrogen) atoms. The number of benzene rings is 2. The summed E-state index contributed by atoms with van der Waals surface area (Å²) in [5.74, 6) is -0.859. The monoisotopic (exact) mass is 1060 g/mol. The Hall–Kier alpha value is -6.65. The zero-order valence-corrected chi connectivity index (χ0v) is 44.7. The minimum absolute atomic E-state index is 0.00525. The van der Waals surface area contributed by atoms with Gasteiger partial charge in [-0.15, -0.1) is 11.3 Å². The number of rotatable bonds is 21. The first-order valence-corrected chi connectivity index (χ1v) is 27.3. The van der Waals surface area contributed by atoms with Crippen LogP contribution in [0, 0.1) is 18.2 Å². The fourth-order valence-corrected chi connectivity index (χ4v) is 10.9. The van der Waals surface area contributed by atoms with Gasteiger partial charge in [0, 0.05) is 76.0 Å². The second-order valence-corrected chi connectivity index (χ2v) is 22.4. The van der Waals surface area contributed by atoms with E-state index in [1.54, 1.807) is 42.1 Å². The number of carbonyl (C=O) groups excluding carboxylic acids is 4. The van der Waals surface area contributed by atoms with Crippen molar-refractivity contribution in [1.82, 2.24) is 60.2 Å². The van der Waals surface area contributed by atoms with Gasteiger partial charge in [0.25, 0.3) is 0 Å². The van der Waals surface area contributed by atoms with Gasteiger partial charge in [-0.05, 0) is 73.8 Å². The summed E-state index contributed by atoms with van der Waals surface area (Å²) in [5.41, 5.74) is 7.88. The number of aliphatic hydroxyl groups is 2. The van der Waals surface area contributed by atoms with Gasteiger partial charge in [0.1, 0.15) is 24.1 Å². The van der Waals surface area contributed by atoms with Crippen LogP contribution in [0.5, 0.6) is 0 Å². The van der Waals surface area contributed by atoms with Gasteiger partial charge in [-0.3, -0.25) is 38.5 Å². The number of hydrogen-bond acceptors (Lipinski definition) is 14. The lowest BCUT2D eigenvalue weighted by molar-refractivity contribution is -0.144. The van der Waals surface area contributed by atoms with Crippen LogP contribution in [-0.2, 0) is 19.2 Å². The van der Waals surface area contributed by atoms with Crippen LogP contribution in [0.25, 0.3) is 27.3 Å². The number of fused-ring (bicyclic) bond motifs is 1. The van der Waals surface area contributed by atoms with E-state index in [1.807, 2.05) is 84.8 Å². The largest absolute Gasteiger partial charge is 0.391 e. The number of unbranched alkanes of at least 4 members (excludes halogenated alkanes) is 3. The molecule has 2 saturated heterocycles. The topological polar surface area (TPSA) is 238 Å². The minimum Gasteiger partial charge on any atom is -0.391 e. The first-order chi connectivity index (χ1) is 36.5. The summed E-state index contributed by atoms with van der Waals surface area (Å²) in [6.07, 6.45) is 10.7. The van der Waals surface area contributed by atoms with Gasteiger partial charge in [0.2, 0.25) is 23.6 Å². The van der Waals surface area contributed by atoms with Crippen molar-refractivity contribution in [3.8, 4) is 21.7 Å². The molecule has 6 aromatic rings. The molecule has 2 aliphatic heterocycles. The molecule has 1 saturated carbocycles. The third kappa shape index (κ3) is 12.9. The van der Waals surface area contributed by atoms with Crippen LogP contribution in [0.2, 0.25) is 0 Å². The third-order valence-corrected chi connectivity index (χ3v) is 15.7. The van der Waals surface area contributed by atoms with E-state index in [-0.39, 0.29) is 55.4 Å². The zero-order valence-electron chi connectivity index (χ0n) is 43.9. The fourth-order valence-electron chi connectivity index (χ4n) is 10.1. The summed E-state index contributed by atoms with van der Waals surface area (Å²) in [7, 11) is 0. The van der Waals surface area contributed by atoms with Crippen LogP contribution in [0.3, 0.4) is 0 Å². The Morgan fingerprint density at radius 1 is 0.921 bits per heavy atom. The fraction of sp³-hybridized carbons (Fsp3) is 0.491. The zero-order chi connectivity index (χ0) is 53.7. The summed E-state index contributed by atoms with van der Waals surface area (Å²) < 4.78 is 17.7. The number of aromatic amines is 1. The number of likely N-dealkylation sites (tertiary alicyclic amines) is 1. The van der Waals surface area contributed by atoms with E-state index < -0.39 is 41.6 Å². The number of thiazole rings is 1. The highest BCUT2D eigenvalue weighted by atomic mass is 32.1. The number of β-amino-alcohol motifs (C(OH)–C–C–N with tert-alkyl or cyclic N) is 1. The number of aromatic nitrogens is 6. The van der Waals surface area contributed by atoms with Crippen molar-refractivity contribution < 1.29 is 33.8 Å². The maximum Gasteiger partial charge on any atom is 0.246 e. The molecular weight excluding hydrogens is 990 g/mol. The summed E-state index contributed by atoms with van der Waals surface area (Å²) in [6.45, 7) is 12.3. The predicted octanol–water partition coefficient (Wildman–Crippen LogP) is 6.36. The van der Waals surface area contributed by atoms with E-state index in [2.05, 4.69) is 41.4 Å². The number of hydrogen-bond donors (Lipinski definition) is 7. The molecule has 4 aromatic heterocycles. The average Bonchev–Trinajstić information content (AvgIpc) is 3.74. The van der Waals surface area contributed by atoms with E-state index >= 15 is 4.39 Å². The van der Waals surface area contributed by atoms with E-state index in [9.17, 15) is 29.4 Å². The molecule has 21 heteroatoms. The van der Waals surface area contributed by atoms with Crippen LogP contribution >= 0.6 is 11.3 Å². The van der Waals surface area contributed by atoms with Gasteiger partial charge in [-0.2, -0.15) is 5.10 Å². The number of nitrogens with zero attached hydrogens (tertiary/aromatic N) is 8. The lowest BCUT2D eigenvalue weighted by Crippen LogP contribution is -2.57. The van der Waals surface area contributed by atoms with Crippen LogP contribution < -0.4 is 21.3 Å². The minimum atomic E-state index is -1.02. The van der Waals surface area contributed by atoms with Gasteiger partial charge in [-0.1, -0.05) is 63.9 Å². The number of piperazine rings is 1. The molecule has 2 aromatic carbocycles. The van der Waals surface area contributed by atoms with Crippen molar-refractivity contribution in [1.29, 1.82) is 0 Å². The van der Waals surface area contributed by atoms with E-state index in [1.165, 1.54) is 11.0 Å². The first kappa shape index (κ1) is 54.2. The third-order valence-electron chi connectivity index (χ3n) is 14.7. The molecule has 0 radical (unpaired) electrons. The van der Waals surface area contributed by atoms with Crippen molar-refractivity contribution >= 4 is 52.1 Å². The number of nitrogens with one attached hydrogen (secondary N) is 5. The van der Waals surface area contributed by atoms with Crippen molar-refractivity contribution in [3.05, 3.63) is 101 Å². The lowest BCUT2D eigenvalue weighted by atomic mass is 9.85. The average molecular weight is 1060 g/mol. The van der Waals surface area contributed by atoms with Gasteiger partial charge in [0.05, 0.1) is 64.2 Å². The molecule has 6 heterocycles. The standard InChI is InChI=1S/C55H70FN13O6S/c1-33(35-11-15-37(16-12-35)48-34(2)59-32-76-48)62-52(73)44-25-40(70)29-69(44)54(75)49(55(3,4)5)65-46(71)10-8-6-7-9-19-57-47(72)31-66-20-22-67(23-21-66)53(74)38-17-18-42(41(56)24-38)63-50-51-58-28-45(39-26-60-61-27-39)68(51)30-43(64-50)36-13-14-36/h11-12,15-18,24,26-28,30,32-33,36,40,44,49,53,70,74H,6-10,13-14,19-23,25,29,31H2,1-5H3,(H,57,72)(H,60,61)(H,62,73)(H,63,64)(H,65,71)/t33-,40+,44-,49+,53?/m0/s1.